The molecular formula is C14H23NO3. The molecule has 1 amide bonds. The maximum absolute atomic E-state index is 12.6. The highest BCUT2D eigenvalue weighted by Gasteiger charge is 2.41. The summed E-state index contributed by atoms with van der Waals surface area (Å²) in [6.07, 6.45) is 7.28. The van der Waals surface area contributed by atoms with Gasteiger partial charge in [0.2, 0.25) is 5.91 Å². The second-order valence-electron chi connectivity index (χ2n) is 6.01. The van der Waals surface area contributed by atoms with Crippen molar-refractivity contribution in [1.82, 2.24) is 4.90 Å². The number of carboxylic acid groups (broad SMARTS) is 1. The zero-order chi connectivity index (χ0) is 13.2. The molecule has 1 heterocycles. The van der Waals surface area contributed by atoms with Gasteiger partial charge >= 0.3 is 5.97 Å². The summed E-state index contributed by atoms with van der Waals surface area (Å²) in [5.41, 5.74) is -0.237. The Balaban J connectivity index is 2.04. The predicted octanol–water partition coefficient (Wildman–Crippen LogP) is 2.42. The van der Waals surface area contributed by atoms with Crippen molar-refractivity contribution >= 4 is 11.9 Å². The first kappa shape index (κ1) is 13.4. The molecule has 102 valence electrons. The van der Waals surface area contributed by atoms with Crippen molar-refractivity contribution < 1.29 is 14.7 Å². The summed E-state index contributed by atoms with van der Waals surface area (Å²) in [5, 5.41) is 8.91. The van der Waals surface area contributed by atoms with Crippen LogP contribution in [0, 0.1) is 5.41 Å². The van der Waals surface area contributed by atoms with Crippen LogP contribution in [0.3, 0.4) is 0 Å². The van der Waals surface area contributed by atoms with E-state index in [0.717, 1.165) is 45.1 Å². The topological polar surface area (TPSA) is 57.6 Å². The smallest absolute Gasteiger partial charge is 0.305 e. The molecule has 1 N–H and O–H groups in total. The largest absolute Gasteiger partial charge is 0.481 e. The normalized spacial score (nSPS) is 27.2. The van der Waals surface area contributed by atoms with Gasteiger partial charge in [-0.05, 0) is 25.7 Å². The number of nitrogens with zero attached hydrogens (tertiary/aromatic N) is 1. The van der Waals surface area contributed by atoms with Crippen molar-refractivity contribution in [2.75, 3.05) is 6.54 Å². The first-order valence-corrected chi connectivity index (χ1v) is 7.06. The molecule has 1 unspecified atom stereocenters. The number of hydrogen-bond donors (Lipinski definition) is 1. The zero-order valence-electron chi connectivity index (χ0n) is 11.2. The third kappa shape index (κ3) is 2.68. The third-order valence-corrected chi connectivity index (χ3v) is 4.52. The fourth-order valence-corrected chi connectivity index (χ4v) is 3.41. The average molecular weight is 253 g/mol. The standard InChI is InChI=1S/C14H23NO3/c1-14(7-3-2-4-8-14)13(18)15-9-5-6-11(15)10-12(16)17/h11H,2-10H2,1H3,(H,16,17). The fraction of sp³-hybridized carbons (Fsp3) is 0.857. The van der Waals surface area contributed by atoms with Crippen molar-refractivity contribution in [2.45, 2.75) is 64.3 Å². The first-order chi connectivity index (χ1) is 8.53. The van der Waals surface area contributed by atoms with Crippen LogP contribution in [0.5, 0.6) is 0 Å². The zero-order valence-corrected chi connectivity index (χ0v) is 11.2. The fourth-order valence-electron chi connectivity index (χ4n) is 3.41. The van der Waals surface area contributed by atoms with Gasteiger partial charge in [-0.25, -0.2) is 0 Å². The van der Waals surface area contributed by atoms with E-state index in [1.165, 1.54) is 6.42 Å². The lowest BCUT2D eigenvalue weighted by Crippen LogP contribution is -2.46. The summed E-state index contributed by atoms with van der Waals surface area (Å²) in [6.45, 7) is 2.80. The number of hydrogen-bond acceptors (Lipinski definition) is 2. The summed E-state index contributed by atoms with van der Waals surface area (Å²) in [7, 11) is 0. The highest BCUT2D eigenvalue weighted by atomic mass is 16.4. The Morgan fingerprint density at radius 2 is 1.89 bits per heavy atom. The van der Waals surface area contributed by atoms with Gasteiger partial charge in [-0.15, -0.1) is 0 Å². The Morgan fingerprint density at radius 1 is 1.22 bits per heavy atom. The van der Waals surface area contributed by atoms with Gasteiger partial charge in [0, 0.05) is 18.0 Å². The van der Waals surface area contributed by atoms with E-state index in [-0.39, 0.29) is 23.8 Å². The van der Waals surface area contributed by atoms with Crippen LogP contribution in [0.4, 0.5) is 0 Å². The van der Waals surface area contributed by atoms with E-state index in [4.69, 9.17) is 5.11 Å². The summed E-state index contributed by atoms with van der Waals surface area (Å²) in [6, 6.07) is -0.0752. The Kier molecular flexibility index (Phi) is 3.93. The molecule has 4 nitrogen and oxygen atoms in total. The lowest BCUT2D eigenvalue weighted by molar-refractivity contribution is -0.146. The molecule has 0 aromatic rings. The van der Waals surface area contributed by atoms with Gasteiger partial charge in [0.25, 0.3) is 0 Å². The molecule has 18 heavy (non-hydrogen) atoms. The van der Waals surface area contributed by atoms with Gasteiger partial charge in [0.1, 0.15) is 0 Å². The number of carbonyl (C=O) groups excluding carboxylic acids is 1. The highest BCUT2D eigenvalue weighted by Crippen LogP contribution is 2.39. The molecule has 1 aliphatic carbocycles. The van der Waals surface area contributed by atoms with Crippen LogP contribution in [0.1, 0.15) is 58.3 Å². The Bertz CT molecular complexity index is 334. The van der Waals surface area contributed by atoms with E-state index in [9.17, 15) is 9.59 Å². The molecule has 0 bridgehead atoms. The highest BCUT2D eigenvalue weighted by molar-refractivity contribution is 5.83. The average Bonchev–Trinajstić information content (AvgIpc) is 2.76. The van der Waals surface area contributed by atoms with Gasteiger partial charge in [0.15, 0.2) is 0 Å². The molecule has 2 rings (SSSR count). The van der Waals surface area contributed by atoms with E-state index >= 15 is 0 Å². The van der Waals surface area contributed by atoms with Crippen LogP contribution in [-0.2, 0) is 9.59 Å². The van der Waals surface area contributed by atoms with Crippen LogP contribution >= 0.6 is 0 Å². The van der Waals surface area contributed by atoms with Gasteiger partial charge in [-0.3, -0.25) is 9.59 Å². The lowest BCUT2D eigenvalue weighted by atomic mass is 9.74. The molecule has 2 aliphatic rings. The van der Waals surface area contributed by atoms with Crippen molar-refractivity contribution in [1.29, 1.82) is 0 Å². The lowest BCUT2D eigenvalue weighted by Gasteiger charge is -2.37. The molecule has 1 aliphatic heterocycles. The Labute approximate surface area is 108 Å². The molecule has 0 radical (unpaired) electrons. The summed E-state index contributed by atoms with van der Waals surface area (Å²) in [5.74, 6) is -0.598. The van der Waals surface area contributed by atoms with E-state index < -0.39 is 5.97 Å². The molecule has 1 saturated heterocycles. The summed E-state index contributed by atoms with van der Waals surface area (Å²) < 4.78 is 0. The minimum absolute atomic E-state index is 0.0752. The number of rotatable bonds is 3. The molecule has 1 atom stereocenters. The molecule has 1 saturated carbocycles. The maximum Gasteiger partial charge on any atom is 0.305 e. The van der Waals surface area contributed by atoms with Gasteiger partial charge in [-0.1, -0.05) is 26.2 Å². The summed E-state index contributed by atoms with van der Waals surface area (Å²) >= 11 is 0. The molecule has 0 spiro atoms. The number of likely N-dealkylation sites (tertiary alicyclic amines) is 1. The second kappa shape index (κ2) is 5.29. The Hall–Kier alpha value is -1.06. The van der Waals surface area contributed by atoms with Crippen molar-refractivity contribution in [2.24, 2.45) is 5.41 Å². The van der Waals surface area contributed by atoms with Crippen LogP contribution < -0.4 is 0 Å². The first-order valence-electron chi connectivity index (χ1n) is 7.06. The van der Waals surface area contributed by atoms with E-state index in [0.29, 0.717) is 0 Å². The number of amides is 1. The number of aliphatic carboxylic acids is 1. The van der Waals surface area contributed by atoms with E-state index in [1.54, 1.807) is 0 Å². The number of carboxylic acids is 1. The van der Waals surface area contributed by atoms with Gasteiger partial charge in [-0.2, -0.15) is 0 Å². The monoisotopic (exact) mass is 253 g/mol. The van der Waals surface area contributed by atoms with Crippen molar-refractivity contribution in [3.05, 3.63) is 0 Å². The molecule has 0 aromatic heterocycles. The van der Waals surface area contributed by atoms with Crippen molar-refractivity contribution in [3.8, 4) is 0 Å². The summed E-state index contributed by atoms with van der Waals surface area (Å²) in [4.78, 5) is 25.3. The predicted molar refractivity (Wildman–Crippen MR) is 68.2 cm³/mol. The van der Waals surface area contributed by atoms with Crippen LogP contribution in [-0.4, -0.2) is 34.5 Å². The molecular weight excluding hydrogens is 230 g/mol. The molecule has 2 fully saturated rings. The molecule has 0 aromatic carbocycles. The van der Waals surface area contributed by atoms with Crippen LogP contribution in [0.2, 0.25) is 0 Å². The quantitative estimate of drug-likeness (QED) is 0.840. The van der Waals surface area contributed by atoms with E-state index in [2.05, 4.69) is 6.92 Å². The van der Waals surface area contributed by atoms with Crippen LogP contribution in [0.15, 0.2) is 0 Å². The minimum atomic E-state index is -0.798. The number of carbonyl (C=O) groups is 2. The van der Waals surface area contributed by atoms with Gasteiger partial charge < -0.3 is 10.0 Å². The Morgan fingerprint density at radius 3 is 2.50 bits per heavy atom. The molecule has 4 heteroatoms. The van der Waals surface area contributed by atoms with Gasteiger partial charge in [0.05, 0.1) is 6.42 Å². The van der Waals surface area contributed by atoms with Crippen molar-refractivity contribution in [3.63, 3.8) is 0 Å². The maximum atomic E-state index is 12.6. The van der Waals surface area contributed by atoms with Crippen LogP contribution in [0.25, 0.3) is 0 Å². The second-order valence-corrected chi connectivity index (χ2v) is 6.01. The SMILES string of the molecule is CC1(C(=O)N2CCCC2CC(=O)O)CCCCC1. The minimum Gasteiger partial charge on any atom is -0.481 e. The third-order valence-electron chi connectivity index (χ3n) is 4.52. The van der Waals surface area contributed by atoms with E-state index in [1.807, 2.05) is 4.90 Å².